The number of aliphatic hydroxyl groups excluding tert-OH is 1. The molecule has 1 amide bonds. The highest BCUT2D eigenvalue weighted by Gasteiger charge is 2.48. The van der Waals surface area contributed by atoms with Crippen LogP contribution < -0.4 is 14.4 Å². The number of rotatable bonds is 6. The van der Waals surface area contributed by atoms with E-state index in [9.17, 15) is 19.8 Å². The largest absolute Gasteiger partial charge is 0.508 e. The van der Waals surface area contributed by atoms with Gasteiger partial charge >= 0.3 is 5.91 Å². The van der Waals surface area contributed by atoms with Crippen molar-refractivity contribution < 1.29 is 29.3 Å². The van der Waals surface area contributed by atoms with Gasteiger partial charge in [-0.1, -0.05) is 36.5 Å². The van der Waals surface area contributed by atoms with Gasteiger partial charge in [0.15, 0.2) is 16.6 Å². The molecule has 1 aromatic heterocycles. The minimum Gasteiger partial charge on any atom is -0.508 e. The molecular formula is C28H24N2O6S. The van der Waals surface area contributed by atoms with Crippen molar-refractivity contribution in [3.63, 3.8) is 0 Å². The molecule has 0 saturated carbocycles. The number of aryl methyl sites for hydroxylation is 1. The number of hydrogen-bond donors (Lipinski definition) is 2. The van der Waals surface area contributed by atoms with E-state index in [0.717, 1.165) is 16.7 Å². The van der Waals surface area contributed by atoms with E-state index < -0.39 is 17.7 Å². The SMILES string of the molecule is CCc1ccc2nc(N3C(=O)C(=O)/C(=C(/O)c4ccc(OC)c(OC)c4)C3c3ccc(O)cc3)sc2c1. The molecule has 4 aromatic rings. The zero-order valence-corrected chi connectivity index (χ0v) is 21.2. The lowest BCUT2D eigenvalue weighted by Crippen LogP contribution is -2.29. The quantitative estimate of drug-likeness (QED) is 0.206. The summed E-state index contributed by atoms with van der Waals surface area (Å²) < 4.78 is 11.5. The van der Waals surface area contributed by atoms with Gasteiger partial charge in [-0.25, -0.2) is 4.98 Å². The van der Waals surface area contributed by atoms with Crippen LogP contribution in [0, 0.1) is 0 Å². The van der Waals surface area contributed by atoms with Crippen molar-refractivity contribution in [2.24, 2.45) is 0 Å². The molecule has 2 N–H and O–H groups in total. The summed E-state index contributed by atoms with van der Waals surface area (Å²) in [5, 5.41) is 21.6. The van der Waals surface area contributed by atoms with E-state index >= 15 is 0 Å². The summed E-state index contributed by atoms with van der Waals surface area (Å²) in [5.41, 5.74) is 2.58. The van der Waals surface area contributed by atoms with Gasteiger partial charge in [-0.3, -0.25) is 14.5 Å². The number of methoxy groups -OCH3 is 2. The number of anilines is 1. The minimum absolute atomic E-state index is 0.0349. The number of amides is 1. The number of carbonyl (C=O) groups is 2. The molecule has 5 rings (SSSR count). The average molecular weight is 517 g/mol. The monoisotopic (exact) mass is 516 g/mol. The van der Waals surface area contributed by atoms with Gasteiger partial charge in [0.1, 0.15) is 11.5 Å². The summed E-state index contributed by atoms with van der Waals surface area (Å²) in [6.07, 6.45) is 0.854. The molecule has 0 radical (unpaired) electrons. The van der Waals surface area contributed by atoms with Crippen LogP contribution in [-0.4, -0.2) is 41.1 Å². The molecule has 37 heavy (non-hydrogen) atoms. The Hall–Kier alpha value is -4.37. The van der Waals surface area contributed by atoms with E-state index in [-0.39, 0.29) is 22.6 Å². The van der Waals surface area contributed by atoms with E-state index in [1.807, 2.05) is 18.2 Å². The zero-order chi connectivity index (χ0) is 26.3. The third-order valence-electron chi connectivity index (χ3n) is 6.37. The van der Waals surface area contributed by atoms with E-state index in [0.29, 0.717) is 27.7 Å². The predicted molar refractivity (Wildman–Crippen MR) is 141 cm³/mol. The van der Waals surface area contributed by atoms with Gasteiger partial charge in [0.25, 0.3) is 5.78 Å². The Morgan fingerprint density at radius 3 is 2.41 bits per heavy atom. The number of phenolic OH excluding ortho intramolecular Hbond substituents is 1. The summed E-state index contributed by atoms with van der Waals surface area (Å²) in [6, 6.07) is 15.8. The van der Waals surface area contributed by atoms with Crippen LogP contribution in [0.4, 0.5) is 5.13 Å². The van der Waals surface area contributed by atoms with Gasteiger partial charge < -0.3 is 19.7 Å². The highest BCUT2D eigenvalue weighted by molar-refractivity contribution is 7.22. The molecule has 1 fully saturated rings. The number of ether oxygens (including phenoxy) is 2. The first-order chi connectivity index (χ1) is 17.9. The smallest absolute Gasteiger partial charge is 0.301 e. The van der Waals surface area contributed by atoms with Crippen molar-refractivity contribution >= 4 is 44.1 Å². The summed E-state index contributed by atoms with van der Waals surface area (Å²) in [6.45, 7) is 2.06. The molecule has 0 aliphatic carbocycles. The van der Waals surface area contributed by atoms with Crippen molar-refractivity contribution in [2.45, 2.75) is 19.4 Å². The van der Waals surface area contributed by atoms with Gasteiger partial charge in [0.05, 0.1) is 36.1 Å². The number of thiazole rings is 1. The summed E-state index contributed by atoms with van der Waals surface area (Å²) in [7, 11) is 2.96. The Kier molecular flexibility index (Phi) is 6.31. The Labute approximate surface area is 217 Å². The highest BCUT2D eigenvalue weighted by Crippen LogP contribution is 2.45. The standard InChI is InChI=1S/C28H24N2O6S/c1-4-15-5-11-19-22(13-15)37-28(29-19)30-24(16-6-9-18(31)10-7-16)23(26(33)27(30)34)25(32)17-8-12-20(35-2)21(14-17)36-3/h5-14,24,31-32H,4H2,1-3H3/b25-23+. The topological polar surface area (TPSA) is 109 Å². The third kappa shape index (κ3) is 4.17. The first kappa shape index (κ1) is 24.3. The highest BCUT2D eigenvalue weighted by atomic mass is 32.1. The van der Waals surface area contributed by atoms with Gasteiger partial charge in [0, 0.05) is 5.56 Å². The average Bonchev–Trinajstić information content (AvgIpc) is 3.45. The number of fused-ring (bicyclic) bond motifs is 1. The van der Waals surface area contributed by atoms with E-state index in [4.69, 9.17) is 9.47 Å². The van der Waals surface area contributed by atoms with E-state index in [1.165, 1.54) is 42.6 Å². The molecular weight excluding hydrogens is 492 g/mol. The summed E-state index contributed by atoms with van der Waals surface area (Å²) in [4.78, 5) is 32.8. The van der Waals surface area contributed by atoms with Crippen LogP contribution in [0.1, 0.15) is 29.7 Å². The number of carbonyl (C=O) groups excluding carboxylic acids is 2. The van der Waals surface area contributed by atoms with Crippen molar-refractivity contribution in [3.8, 4) is 17.2 Å². The molecule has 3 aromatic carbocycles. The van der Waals surface area contributed by atoms with Crippen molar-refractivity contribution in [2.75, 3.05) is 19.1 Å². The van der Waals surface area contributed by atoms with Crippen LogP contribution in [0.25, 0.3) is 16.0 Å². The number of ketones is 1. The van der Waals surface area contributed by atoms with Crippen LogP contribution in [0.3, 0.4) is 0 Å². The lowest BCUT2D eigenvalue weighted by molar-refractivity contribution is -0.132. The van der Waals surface area contributed by atoms with Gasteiger partial charge in [0.2, 0.25) is 0 Å². The molecule has 9 heteroatoms. The fourth-order valence-corrected chi connectivity index (χ4v) is 5.48. The summed E-state index contributed by atoms with van der Waals surface area (Å²) in [5.74, 6) is -1.13. The molecule has 1 aliphatic rings. The minimum atomic E-state index is -0.958. The molecule has 1 unspecified atom stereocenters. The Balaban J connectivity index is 1.71. The maximum absolute atomic E-state index is 13.4. The number of aromatic hydroxyl groups is 1. The number of benzene rings is 3. The van der Waals surface area contributed by atoms with Crippen LogP contribution in [0.15, 0.2) is 66.2 Å². The predicted octanol–water partition coefficient (Wildman–Crippen LogP) is 5.21. The zero-order valence-electron chi connectivity index (χ0n) is 20.4. The number of aliphatic hydroxyl groups is 1. The lowest BCUT2D eigenvalue weighted by atomic mass is 9.95. The van der Waals surface area contributed by atoms with Crippen LogP contribution >= 0.6 is 11.3 Å². The molecule has 8 nitrogen and oxygen atoms in total. The van der Waals surface area contributed by atoms with Crippen molar-refractivity contribution in [1.29, 1.82) is 0 Å². The van der Waals surface area contributed by atoms with Gasteiger partial charge in [-0.15, -0.1) is 0 Å². The number of Topliss-reactive ketones (excluding diaryl/α,β-unsaturated/α-hetero) is 1. The molecule has 2 heterocycles. The van der Waals surface area contributed by atoms with Gasteiger partial charge in [-0.05, 0) is 60.0 Å². The first-order valence-corrected chi connectivity index (χ1v) is 12.4. The maximum atomic E-state index is 13.4. The maximum Gasteiger partial charge on any atom is 0.301 e. The molecule has 1 aliphatic heterocycles. The van der Waals surface area contributed by atoms with Crippen molar-refractivity contribution in [1.82, 2.24) is 4.98 Å². The normalized spacial score (nSPS) is 16.9. The number of nitrogens with zero attached hydrogens (tertiary/aromatic N) is 2. The Morgan fingerprint density at radius 2 is 1.73 bits per heavy atom. The third-order valence-corrected chi connectivity index (χ3v) is 7.38. The number of aromatic nitrogens is 1. The second-order valence-corrected chi connectivity index (χ2v) is 9.49. The van der Waals surface area contributed by atoms with Gasteiger partial charge in [-0.2, -0.15) is 0 Å². The molecule has 0 bridgehead atoms. The second-order valence-electron chi connectivity index (χ2n) is 8.48. The molecule has 188 valence electrons. The molecule has 0 spiro atoms. The van der Waals surface area contributed by atoms with Crippen molar-refractivity contribution in [3.05, 3.63) is 82.9 Å². The van der Waals surface area contributed by atoms with Crippen LogP contribution in [0.2, 0.25) is 0 Å². The van der Waals surface area contributed by atoms with Crippen LogP contribution in [-0.2, 0) is 16.0 Å². The first-order valence-electron chi connectivity index (χ1n) is 11.6. The number of hydrogen-bond acceptors (Lipinski definition) is 8. The van der Waals surface area contributed by atoms with E-state index in [1.54, 1.807) is 30.3 Å². The van der Waals surface area contributed by atoms with E-state index in [2.05, 4.69) is 11.9 Å². The second kappa shape index (κ2) is 9.59. The number of phenols is 1. The fraction of sp³-hybridized carbons (Fsp3) is 0.179. The molecule has 1 saturated heterocycles. The Morgan fingerprint density at radius 1 is 1.00 bits per heavy atom. The lowest BCUT2D eigenvalue weighted by Gasteiger charge is -2.23. The van der Waals surface area contributed by atoms with Crippen LogP contribution in [0.5, 0.6) is 17.2 Å². The summed E-state index contributed by atoms with van der Waals surface area (Å²) >= 11 is 1.30. The fourth-order valence-electron chi connectivity index (χ4n) is 4.42. The Bertz CT molecular complexity index is 1560. The molecule has 1 atom stereocenters.